The van der Waals surface area contributed by atoms with Crippen LogP contribution in [0.1, 0.15) is 49.7 Å². The third-order valence-electron chi connectivity index (χ3n) is 8.70. The SMILES string of the molecule is COc1cc2ncnc(Nc3ccc(F)c(Cl)c3)c2cc1OCCCCCCCCNC(=O)COc1c(Br)cc(/C=C2\C(=O)Nc3ccc(I)cc32)cc1Br. The highest BCUT2D eigenvalue weighted by atomic mass is 127. The molecule has 0 aliphatic carbocycles. The second-order valence-electron chi connectivity index (χ2n) is 12.6. The Labute approximate surface area is 353 Å². The molecular weight excluding hydrogens is 972 g/mol. The maximum atomic E-state index is 13.6. The van der Waals surface area contributed by atoms with E-state index in [-0.39, 0.29) is 23.4 Å². The summed E-state index contributed by atoms with van der Waals surface area (Å²) in [5.74, 6) is 1.34. The Morgan fingerprint density at radius 2 is 1.71 bits per heavy atom. The Balaban J connectivity index is 0.883. The van der Waals surface area contributed by atoms with Gasteiger partial charge in [-0.2, -0.15) is 0 Å². The van der Waals surface area contributed by atoms with Gasteiger partial charge in [-0.1, -0.05) is 37.3 Å². The molecule has 55 heavy (non-hydrogen) atoms. The predicted molar refractivity (Wildman–Crippen MR) is 230 cm³/mol. The van der Waals surface area contributed by atoms with Crippen molar-refractivity contribution in [3.05, 3.63) is 101 Å². The Morgan fingerprint density at radius 3 is 2.47 bits per heavy atom. The number of carbonyl (C=O) groups excluding carboxylic acids is 2. The molecule has 1 aliphatic rings. The van der Waals surface area contributed by atoms with Gasteiger partial charge in [-0.15, -0.1) is 0 Å². The van der Waals surface area contributed by atoms with Crippen molar-refractivity contribution in [3.63, 3.8) is 0 Å². The summed E-state index contributed by atoms with van der Waals surface area (Å²) in [4.78, 5) is 33.9. The van der Waals surface area contributed by atoms with Crippen molar-refractivity contribution in [2.24, 2.45) is 0 Å². The molecule has 6 rings (SSSR count). The summed E-state index contributed by atoms with van der Waals surface area (Å²) in [5, 5.41) is 9.75. The molecule has 286 valence electrons. The zero-order chi connectivity index (χ0) is 38.9. The van der Waals surface area contributed by atoms with E-state index in [0.717, 1.165) is 64.3 Å². The Hall–Kier alpha value is -3.99. The number of nitrogens with zero attached hydrogens (tertiary/aromatic N) is 2. The normalized spacial score (nSPS) is 12.8. The molecule has 0 atom stereocenters. The number of nitrogens with one attached hydrogen (secondary N) is 3. The third kappa shape index (κ3) is 10.7. The van der Waals surface area contributed by atoms with Crippen LogP contribution in [0, 0.1) is 9.39 Å². The van der Waals surface area contributed by atoms with Crippen LogP contribution in [0.25, 0.3) is 22.6 Å². The van der Waals surface area contributed by atoms with Gasteiger partial charge in [0.05, 0.1) is 33.2 Å². The fourth-order valence-corrected chi connectivity index (χ4v) is 8.07. The molecule has 5 aromatic rings. The zero-order valence-electron chi connectivity index (χ0n) is 29.6. The highest BCUT2D eigenvalue weighted by molar-refractivity contribution is 14.1. The van der Waals surface area contributed by atoms with Gasteiger partial charge >= 0.3 is 0 Å². The summed E-state index contributed by atoms with van der Waals surface area (Å²) in [6.45, 7) is 0.959. The van der Waals surface area contributed by atoms with Gasteiger partial charge in [-0.3, -0.25) is 9.59 Å². The molecule has 0 saturated heterocycles. The number of benzene rings is 4. The lowest BCUT2D eigenvalue weighted by Crippen LogP contribution is -2.29. The van der Waals surface area contributed by atoms with Gasteiger partial charge in [0.25, 0.3) is 11.8 Å². The Morgan fingerprint density at radius 1 is 0.945 bits per heavy atom. The monoisotopic (exact) mass is 1000 g/mol. The van der Waals surface area contributed by atoms with Gasteiger partial charge in [0, 0.05) is 44.1 Å². The molecular formula is C40H36Br2ClFIN5O5. The lowest BCUT2D eigenvalue weighted by Gasteiger charge is -2.14. The Kier molecular flexibility index (Phi) is 14.2. The summed E-state index contributed by atoms with van der Waals surface area (Å²) in [7, 11) is 1.58. The number of methoxy groups -OCH3 is 1. The maximum absolute atomic E-state index is 13.6. The van der Waals surface area contributed by atoms with Crippen LogP contribution in [0.3, 0.4) is 0 Å². The van der Waals surface area contributed by atoms with Gasteiger partial charge in [0.1, 0.15) is 23.7 Å². The second-order valence-corrected chi connectivity index (χ2v) is 16.0. The number of carbonyl (C=O) groups is 2. The van der Waals surface area contributed by atoms with Crippen LogP contribution in [0.5, 0.6) is 17.2 Å². The first-order valence-electron chi connectivity index (χ1n) is 17.5. The molecule has 0 fully saturated rings. The summed E-state index contributed by atoms with van der Waals surface area (Å²) in [5.41, 5.74) is 4.31. The van der Waals surface area contributed by atoms with Crippen LogP contribution in [0.15, 0.2) is 75.9 Å². The lowest BCUT2D eigenvalue weighted by molar-refractivity contribution is -0.123. The molecule has 2 amide bonds. The first-order valence-corrected chi connectivity index (χ1v) is 20.5. The molecule has 15 heteroatoms. The fraction of sp³-hybridized carbons (Fsp3) is 0.250. The topological polar surface area (TPSA) is 124 Å². The number of anilines is 3. The lowest BCUT2D eigenvalue weighted by atomic mass is 10.0. The van der Waals surface area contributed by atoms with Crippen molar-refractivity contribution in [2.75, 3.05) is 37.5 Å². The van der Waals surface area contributed by atoms with E-state index >= 15 is 0 Å². The minimum absolute atomic E-state index is 0.0122. The van der Waals surface area contributed by atoms with Gasteiger partial charge in [0.2, 0.25) is 0 Å². The zero-order valence-corrected chi connectivity index (χ0v) is 35.7. The van der Waals surface area contributed by atoms with Crippen LogP contribution in [0.2, 0.25) is 5.02 Å². The van der Waals surface area contributed by atoms with Crippen LogP contribution in [0.4, 0.5) is 21.6 Å². The minimum Gasteiger partial charge on any atom is -0.493 e. The highest BCUT2D eigenvalue weighted by Gasteiger charge is 2.24. The molecule has 10 nitrogen and oxygen atoms in total. The standard InChI is InChI=1S/C40H36Br2ClFIN5O5/c1-53-35-20-34-28(39(48-22-47-34)49-25-9-10-32(44)31(43)18-25)19-36(35)54-13-7-5-3-2-4-6-12-46-37(51)21-55-38-29(41)15-23(16-30(38)42)14-27-26-17-24(45)8-11-33(26)50-40(27)52/h8-11,14-20,22H,2-7,12-13,21H2,1H3,(H,46,51)(H,50,52)(H,47,48,49)/b27-14-. The van der Waals surface area contributed by atoms with Crippen LogP contribution in [-0.4, -0.2) is 48.7 Å². The van der Waals surface area contributed by atoms with Crippen LogP contribution < -0.4 is 30.2 Å². The first-order chi connectivity index (χ1) is 26.6. The van der Waals surface area contributed by atoms with Gasteiger partial charge in [-0.05, 0) is 134 Å². The number of unbranched alkanes of at least 4 members (excludes halogenated alkanes) is 5. The van der Waals surface area contributed by atoms with E-state index in [1.807, 2.05) is 42.5 Å². The van der Waals surface area contributed by atoms with Crippen molar-refractivity contribution in [2.45, 2.75) is 38.5 Å². The quantitative estimate of drug-likeness (QED) is 0.0478. The van der Waals surface area contributed by atoms with Crippen molar-refractivity contribution in [3.8, 4) is 17.2 Å². The number of rotatable bonds is 17. The fourth-order valence-electron chi connectivity index (χ4n) is 5.95. The van der Waals surface area contributed by atoms with Crippen molar-refractivity contribution >= 4 is 118 Å². The molecule has 2 heterocycles. The third-order valence-corrected chi connectivity index (χ3v) is 10.8. The molecule has 3 N–H and O–H groups in total. The van der Waals surface area contributed by atoms with E-state index in [4.69, 9.17) is 25.8 Å². The predicted octanol–water partition coefficient (Wildman–Crippen LogP) is 10.7. The van der Waals surface area contributed by atoms with E-state index < -0.39 is 5.82 Å². The molecule has 0 saturated carbocycles. The van der Waals surface area contributed by atoms with E-state index in [9.17, 15) is 14.0 Å². The summed E-state index contributed by atoms with van der Waals surface area (Å²) < 4.78 is 33.5. The molecule has 4 aromatic carbocycles. The first kappa shape index (κ1) is 40.7. The summed E-state index contributed by atoms with van der Waals surface area (Å²) in [6, 6.07) is 17.6. The second kappa shape index (κ2) is 19.2. The summed E-state index contributed by atoms with van der Waals surface area (Å²) in [6.07, 6.45) is 9.09. The molecule has 0 unspecified atom stereocenters. The van der Waals surface area contributed by atoms with Crippen LogP contribution in [-0.2, 0) is 9.59 Å². The van der Waals surface area contributed by atoms with Gasteiger partial charge in [0.15, 0.2) is 18.1 Å². The van der Waals surface area contributed by atoms with Crippen molar-refractivity contribution in [1.29, 1.82) is 0 Å². The number of aromatic nitrogens is 2. The highest BCUT2D eigenvalue weighted by Crippen LogP contribution is 2.39. The maximum Gasteiger partial charge on any atom is 0.257 e. The minimum atomic E-state index is -0.497. The average Bonchev–Trinajstić information content (AvgIpc) is 3.46. The number of ether oxygens (including phenoxy) is 3. The van der Waals surface area contributed by atoms with Crippen LogP contribution >= 0.6 is 66.1 Å². The molecule has 0 bridgehead atoms. The summed E-state index contributed by atoms with van der Waals surface area (Å²) >= 11 is 15.3. The van der Waals surface area contributed by atoms with Crippen molar-refractivity contribution in [1.82, 2.24) is 15.3 Å². The van der Waals surface area contributed by atoms with E-state index in [0.29, 0.717) is 61.9 Å². The number of hydrogen-bond donors (Lipinski definition) is 3. The Bertz CT molecular complexity index is 2240. The molecule has 1 aliphatic heterocycles. The van der Waals surface area contributed by atoms with E-state index in [1.54, 1.807) is 19.2 Å². The number of halogens is 5. The van der Waals surface area contributed by atoms with E-state index in [2.05, 4.69) is 80.4 Å². The largest absolute Gasteiger partial charge is 0.493 e. The number of fused-ring (bicyclic) bond motifs is 2. The number of amides is 2. The average molecular weight is 1010 g/mol. The van der Waals surface area contributed by atoms with Gasteiger partial charge in [-0.25, -0.2) is 14.4 Å². The molecule has 1 aromatic heterocycles. The number of hydrogen-bond acceptors (Lipinski definition) is 8. The van der Waals surface area contributed by atoms with Gasteiger partial charge < -0.3 is 30.2 Å². The van der Waals surface area contributed by atoms with Crippen molar-refractivity contribution < 1.29 is 28.2 Å². The molecule has 0 radical (unpaired) electrons. The van der Waals surface area contributed by atoms with E-state index in [1.165, 1.54) is 18.5 Å². The smallest absolute Gasteiger partial charge is 0.257 e. The molecule has 0 spiro atoms.